The summed E-state index contributed by atoms with van der Waals surface area (Å²) < 4.78 is 31.8. The summed E-state index contributed by atoms with van der Waals surface area (Å²) in [5.74, 6) is 0.939. The Morgan fingerprint density at radius 2 is 1.85 bits per heavy atom. The molecule has 5 rings (SSSR count). The minimum Gasteiger partial charge on any atom is -0.343 e. The SMILES string of the molecule is Cn1c(CCC(=O)N2CCC(n3ccnc3)CC2)nc2cc(S(=O)(=O)N3CCCCC3)ccc21. The van der Waals surface area contributed by atoms with E-state index in [4.69, 9.17) is 4.98 Å². The molecule has 2 saturated heterocycles. The second-order valence-electron chi connectivity index (χ2n) is 9.32. The molecule has 10 heteroatoms. The van der Waals surface area contributed by atoms with Crippen LogP contribution in [0, 0.1) is 0 Å². The second-order valence-corrected chi connectivity index (χ2v) is 11.3. The molecule has 3 aromatic rings. The number of imidazole rings is 2. The fraction of sp³-hybridized carbons (Fsp3) is 0.542. The quantitative estimate of drug-likeness (QED) is 0.536. The van der Waals surface area contributed by atoms with E-state index in [1.165, 1.54) is 0 Å². The molecule has 4 heterocycles. The maximum atomic E-state index is 13.0. The van der Waals surface area contributed by atoms with Crippen LogP contribution >= 0.6 is 0 Å². The van der Waals surface area contributed by atoms with E-state index in [1.54, 1.807) is 22.6 Å². The minimum absolute atomic E-state index is 0.143. The molecule has 1 amide bonds. The number of hydrogen-bond acceptors (Lipinski definition) is 5. The van der Waals surface area contributed by atoms with Gasteiger partial charge in [0.05, 0.1) is 22.3 Å². The number of nitrogens with zero attached hydrogens (tertiary/aromatic N) is 6. The van der Waals surface area contributed by atoms with Crippen molar-refractivity contribution in [3.63, 3.8) is 0 Å². The number of sulfonamides is 1. The average Bonchev–Trinajstić information content (AvgIpc) is 3.51. The molecule has 0 N–H and O–H groups in total. The maximum Gasteiger partial charge on any atom is 0.243 e. The zero-order valence-corrected chi connectivity index (χ0v) is 20.5. The highest BCUT2D eigenvalue weighted by Gasteiger charge is 2.27. The lowest BCUT2D eigenvalue weighted by atomic mass is 10.0. The van der Waals surface area contributed by atoms with Gasteiger partial charge in [-0.1, -0.05) is 6.42 Å². The smallest absolute Gasteiger partial charge is 0.243 e. The molecule has 0 spiro atoms. The Hall–Kier alpha value is -2.72. The number of carbonyl (C=O) groups excluding carboxylic acids is 1. The van der Waals surface area contributed by atoms with Gasteiger partial charge in [0.15, 0.2) is 0 Å². The number of fused-ring (bicyclic) bond motifs is 1. The molecule has 2 aliphatic heterocycles. The molecule has 9 nitrogen and oxygen atoms in total. The average molecular weight is 485 g/mol. The van der Waals surface area contributed by atoms with E-state index in [0.29, 0.717) is 42.4 Å². The Labute approximate surface area is 200 Å². The highest BCUT2D eigenvalue weighted by Crippen LogP contribution is 2.26. The first-order valence-electron chi connectivity index (χ1n) is 12.1. The van der Waals surface area contributed by atoms with Crippen molar-refractivity contribution in [2.45, 2.75) is 55.9 Å². The Kier molecular flexibility index (Phi) is 6.44. The van der Waals surface area contributed by atoms with Crippen molar-refractivity contribution in [2.24, 2.45) is 7.05 Å². The lowest BCUT2D eigenvalue weighted by Gasteiger charge is -2.32. The number of likely N-dealkylation sites (tertiary alicyclic amines) is 1. The number of amides is 1. The lowest BCUT2D eigenvalue weighted by Crippen LogP contribution is -2.39. The largest absolute Gasteiger partial charge is 0.343 e. The number of aromatic nitrogens is 4. The molecule has 0 radical (unpaired) electrons. The molecule has 34 heavy (non-hydrogen) atoms. The zero-order valence-electron chi connectivity index (χ0n) is 19.6. The molecule has 0 bridgehead atoms. The molecule has 0 unspecified atom stereocenters. The van der Waals surface area contributed by atoms with Gasteiger partial charge in [0.25, 0.3) is 0 Å². The van der Waals surface area contributed by atoms with E-state index in [1.807, 2.05) is 35.1 Å². The third kappa shape index (κ3) is 4.48. The van der Waals surface area contributed by atoms with Crippen LogP contribution in [-0.2, 0) is 28.3 Å². The topological polar surface area (TPSA) is 93.3 Å². The number of aryl methyl sites for hydroxylation is 2. The summed E-state index contributed by atoms with van der Waals surface area (Å²) in [5, 5.41) is 0. The standard InChI is InChI=1S/C24H32N6O3S/c1-27-22-6-5-20(34(32,33)30-12-3-2-4-13-30)17-21(22)26-23(27)7-8-24(31)28-14-9-19(10-15-28)29-16-11-25-18-29/h5-6,11,16-19H,2-4,7-10,12-15H2,1H3. The van der Waals surface area contributed by atoms with Crippen LogP contribution in [0.15, 0.2) is 41.8 Å². The van der Waals surface area contributed by atoms with Crippen LogP contribution in [0.3, 0.4) is 0 Å². The third-order valence-corrected chi connectivity index (χ3v) is 9.12. The van der Waals surface area contributed by atoms with Crippen molar-refractivity contribution in [3.05, 3.63) is 42.7 Å². The van der Waals surface area contributed by atoms with Gasteiger partial charge in [0.1, 0.15) is 5.82 Å². The van der Waals surface area contributed by atoms with Crippen LogP contribution in [-0.4, -0.2) is 68.8 Å². The van der Waals surface area contributed by atoms with Crippen molar-refractivity contribution < 1.29 is 13.2 Å². The van der Waals surface area contributed by atoms with E-state index in [-0.39, 0.29) is 5.91 Å². The fourth-order valence-corrected chi connectivity index (χ4v) is 6.68. The summed E-state index contributed by atoms with van der Waals surface area (Å²) >= 11 is 0. The molecule has 2 fully saturated rings. The maximum absolute atomic E-state index is 13.0. The lowest BCUT2D eigenvalue weighted by molar-refractivity contribution is -0.132. The summed E-state index contributed by atoms with van der Waals surface area (Å²) in [6.07, 6.45) is 11.3. The van der Waals surface area contributed by atoms with Crippen LogP contribution in [0.2, 0.25) is 0 Å². The number of piperidine rings is 2. The summed E-state index contributed by atoms with van der Waals surface area (Å²) in [4.78, 5) is 23.9. The molecular weight excluding hydrogens is 452 g/mol. The van der Waals surface area contributed by atoms with Crippen LogP contribution < -0.4 is 0 Å². The van der Waals surface area contributed by atoms with Crippen molar-refractivity contribution in [2.75, 3.05) is 26.2 Å². The Bertz CT molecular complexity index is 1250. The van der Waals surface area contributed by atoms with Gasteiger partial charge in [-0.2, -0.15) is 4.31 Å². The van der Waals surface area contributed by atoms with Gasteiger partial charge in [-0.15, -0.1) is 0 Å². The number of rotatable bonds is 6. The minimum atomic E-state index is -3.50. The van der Waals surface area contributed by atoms with Crippen LogP contribution in [0.1, 0.15) is 50.4 Å². The first-order valence-corrected chi connectivity index (χ1v) is 13.6. The van der Waals surface area contributed by atoms with Crippen molar-refractivity contribution in [3.8, 4) is 0 Å². The third-order valence-electron chi connectivity index (χ3n) is 7.22. The predicted octanol–water partition coefficient (Wildman–Crippen LogP) is 2.74. The van der Waals surface area contributed by atoms with Gasteiger partial charge in [0, 0.05) is 64.5 Å². The Morgan fingerprint density at radius 1 is 1.09 bits per heavy atom. The molecule has 182 valence electrons. The highest BCUT2D eigenvalue weighted by atomic mass is 32.2. The molecule has 0 saturated carbocycles. The van der Waals surface area contributed by atoms with Gasteiger partial charge in [0.2, 0.25) is 15.9 Å². The Morgan fingerprint density at radius 3 is 2.56 bits per heavy atom. The van der Waals surface area contributed by atoms with Crippen molar-refractivity contribution in [1.29, 1.82) is 0 Å². The van der Waals surface area contributed by atoms with E-state index in [9.17, 15) is 13.2 Å². The number of carbonyl (C=O) groups is 1. The Balaban J connectivity index is 1.23. The summed E-state index contributed by atoms with van der Waals surface area (Å²) in [6, 6.07) is 5.58. The fourth-order valence-electron chi connectivity index (χ4n) is 5.14. The zero-order chi connectivity index (χ0) is 23.7. The van der Waals surface area contributed by atoms with E-state index in [0.717, 1.165) is 56.5 Å². The van der Waals surface area contributed by atoms with Gasteiger partial charge < -0.3 is 14.0 Å². The van der Waals surface area contributed by atoms with Gasteiger partial charge in [-0.3, -0.25) is 4.79 Å². The molecule has 2 aliphatic rings. The summed E-state index contributed by atoms with van der Waals surface area (Å²) in [5.41, 5.74) is 1.53. The number of hydrogen-bond donors (Lipinski definition) is 0. The molecule has 2 aromatic heterocycles. The van der Waals surface area contributed by atoms with Crippen molar-refractivity contribution >= 4 is 27.0 Å². The van der Waals surface area contributed by atoms with Crippen LogP contribution in [0.5, 0.6) is 0 Å². The van der Waals surface area contributed by atoms with Crippen LogP contribution in [0.25, 0.3) is 11.0 Å². The van der Waals surface area contributed by atoms with E-state index >= 15 is 0 Å². The second kappa shape index (κ2) is 9.50. The molecular formula is C24H32N6O3S. The monoisotopic (exact) mass is 484 g/mol. The highest BCUT2D eigenvalue weighted by molar-refractivity contribution is 7.89. The molecule has 0 atom stereocenters. The van der Waals surface area contributed by atoms with Gasteiger partial charge >= 0.3 is 0 Å². The first kappa shape index (κ1) is 23.0. The van der Waals surface area contributed by atoms with Crippen LogP contribution in [0.4, 0.5) is 0 Å². The summed E-state index contributed by atoms with van der Waals surface area (Å²) in [6.45, 7) is 2.66. The predicted molar refractivity (Wildman–Crippen MR) is 129 cm³/mol. The molecule has 0 aliphatic carbocycles. The van der Waals surface area contributed by atoms with E-state index < -0.39 is 10.0 Å². The van der Waals surface area contributed by atoms with E-state index in [2.05, 4.69) is 9.55 Å². The normalized spacial score (nSPS) is 18.6. The van der Waals surface area contributed by atoms with Gasteiger partial charge in [-0.05, 0) is 43.9 Å². The van der Waals surface area contributed by atoms with Crippen molar-refractivity contribution in [1.82, 2.24) is 28.3 Å². The first-order chi connectivity index (χ1) is 16.4. The van der Waals surface area contributed by atoms with Gasteiger partial charge in [-0.25, -0.2) is 18.4 Å². The number of benzene rings is 1. The molecule has 1 aromatic carbocycles. The summed E-state index contributed by atoms with van der Waals surface area (Å²) in [7, 11) is -1.58.